The Balaban J connectivity index is 1.37. The number of hydrogen-bond donors (Lipinski definition) is 3. The number of hydrogen-bond acceptors (Lipinski definition) is 5. The second-order valence-corrected chi connectivity index (χ2v) is 10.1. The molecule has 0 bridgehead atoms. The van der Waals surface area contributed by atoms with Crippen molar-refractivity contribution in [1.29, 1.82) is 0 Å². The number of carbonyl (C=O) groups is 1. The van der Waals surface area contributed by atoms with Crippen LogP contribution in [0.3, 0.4) is 0 Å². The average molecular weight is 504 g/mol. The van der Waals surface area contributed by atoms with Crippen LogP contribution in [0.5, 0.6) is 0 Å². The van der Waals surface area contributed by atoms with Crippen molar-refractivity contribution < 1.29 is 13.2 Å². The minimum absolute atomic E-state index is 0.0912. The molecule has 36 heavy (non-hydrogen) atoms. The number of primary sulfonamides is 1. The smallest absolute Gasteiger partial charge is 0.238 e. The van der Waals surface area contributed by atoms with Crippen LogP contribution in [-0.4, -0.2) is 37.2 Å². The molecule has 9 heteroatoms. The molecule has 186 valence electrons. The van der Waals surface area contributed by atoms with Crippen molar-refractivity contribution >= 4 is 21.6 Å². The number of anilines is 1. The molecule has 0 aliphatic rings. The molecule has 4 rings (SSSR count). The molecule has 0 saturated carbocycles. The topological polar surface area (TPSA) is 119 Å². The Bertz CT molecular complexity index is 1400. The highest BCUT2D eigenvalue weighted by molar-refractivity contribution is 7.89. The summed E-state index contributed by atoms with van der Waals surface area (Å²) in [6, 6.07) is 23.9. The molecule has 0 saturated heterocycles. The molecule has 1 unspecified atom stereocenters. The number of carbonyl (C=O) groups excluding carboxylic acids is 1. The zero-order valence-corrected chi connectivity index (χ0v) is 20.8. The first-order valence-electron chi connectivity index (χ1n) is 11.6. The molecule has 4 aromatic rings. The van der Waals surface area contributed by atoms with Crippen LogP contribution in [-0.2, 0) is 28.3 Å². The molecule has 1 atom stereocenters. The predicted molar refractivity (Wildman–Crippen MR) is 141 cm³/mol. The summed E-state index contributed by atoms with van der Waals surface area (Å²) in [7, 11) is -1.83. The first-order chi connectivity index (χ1) is 17.3. The van der Waals surface area contributed by atoms with Crippen LogP contribution >= 0.6 is 0 Å². The van der Waals surface area contributed by atoms with Crippen molar-refractivity contribution in [1.82, 2.24) is 15.1 Å². The van der Waals surface area contributed by atoms with E-state index in [2.05, 4.69) is 15.7 Å². The Hall–Kier alpha value is -3.79. The standard InChI is InChI=1S/C27H29N5O3S/c1-32-19-23(17-30-32)21-9-11-24(12-10-21)31-27(33)26(22-5-3-2-4-6-22)18-29-16-15-20-7-13-25(14-8-20)36(28,34)35/h2-14,17,19,26,29H,15-16,18H2,1H3,(H,31,33)(H2,28,34,35). The summed E-state index contributed by atoms with van der Waals surface area (Å²) in [5, 5.41) is 15.8. The van der Waals surface area contributed by atoms with Gasteiger partial charge in [-0.05, 0) is 53.9 Å². The van der Waals surface area contributed by atoms with Crippen molar-refractivity contribution in [2.45, 2.75) is 17.2 Å². The van der Waals surface area contributed by atoms with Gasteiger partial charge in [0.1, 0.15) is 0 Å². The van der Waals surface area contributed by atoms with E-state index in [1.165, 1.54) is 12.1 Å². The van der Waals surface area contributed by atoms with E-state index in [9.17, 15) is 13.2 Å². The molecular formula is C27H29N5O3S. The van der Waals surface area contributed by atoms with Gasteiger partial charge < -0.3 is 10.6 Å². The summed E-state index contributed by atoms with van der Waals surface area (Å²) in [6.07, 6.45) is 4.43. The van der Waals surface area contributed by atoms with Crippen LogP contribution in [0.25, 0.3) is 11.1 Å². The first-order valence-corrected chi connectivity index (χ1v) is 13.1. The van der Waals surface area contributed by atoms with E-state index in [1.54, 1.807) is 23.0 Å². The van der Waals surface area contributed by atoms with Crippen LogP contribution in [0.1, 0.15) is 17.0 Å². The van der Waals surface area contributed by atoms with E-state index in [1.807, 2.05) is 67.8 Å². The maximum absolute atomic E-state index is 13.2. The Morgan fingerprint density at radius 1 is 0.972 bits per heavy atom. The van der Waals surface area contributed by atoms with Crippen LogP contribution in [0.2, 0.25) is 0 Å². The van der Waals surface area contributed by atoms with Gasteiger partial charge in [-0.2, -0.15) is 5.10 Å². The van der Waals surface area contributed by atoms with Gasteiger partial charge in [-0.3, -0.25) is 9.48 Å². The largest absolute Gasteiger partial charge is 0.326 e. The third-order valence-corrected chi connectivity index (χ3v) is 6.83. The van der Waals surface area contributed by atoms with Crippen LogP contribution in [0.15, 0.2) is 96.2 Å². The highest BCUT2D eigenvalue weighted by atomic mass is 32.2. The number of nitrogens with zero attached hydrogens (tertiary/aromatic N) is 2. The third kappa shape index (κ3) is 6.66. The summed E-state index contributed by atoms with van der Waals surface area (Å²) < 4.78 is 24.6. The van der Waals surface area contributed by atoms with E-state index >= 15 is 0 Å². The van der Waals surface area contributed by atoms with E-state index in [0.29, 0.717) is 19.5 Å². The molecule has 0 fully saturated rings. The summed E-state index contributed by atoms with van der Waals surface area (Å²) in [4.78, 5) is 13.3. The lowest BCUT2D eigenvalue weighted by atomic mass is 9.97. The van der Waals surface area contributed by atoms with Gasteiger partial charge in [0.2, 0.25) is 15.9 Å². The van der Waals surface area contributed by atoms with E-state index in [-0.39, 0.29) is 16.7 Å². The van der Waals surface area contributed by atoms with Crippen LogP contribution < -0.4 is 15.8 Å². The molecular weight excluding hydrogens is 474 g/mol. The van der Waals surface area contributed by atoms with Gasteiger partial charge in [0.25, 0.3) is 0 Å². The highest BCUT2D eigenvalue weighted by Crippen LogP contribution is 2.22. The number of nitrogens with two attached hydrogens (primary N) is 1. The maximum atomic E-state index is 13.2. The van der Waals surface area contributed by atoms with E-state index in [0.717, 1.165) is 27.9 Å². The zero-order valence-electron chi connectivity index (χ0n) is 20.0. The minimum Gasteiger partial charge on any atom is -0.326 e. The number of amides is 1. The quantitative estimate of drug-likeness (QED) is 0.287. The summed E-state index contributed by atoms with van der Waals surface area (Å²) in [5.74, 6) is -0.478. The molecule has 0 aliphatic heterocycles. The number of sulfonamides is 1. The highest BCUT2D eigenvalue weighted by Gasteiger charge is 2.20. The summed E-state index contributed by atoms with van der Waals surface area (Å²) >= 11 is 0. The van der Waals surface area contributed by atoms with Crippen LogP contribution in [0.4, 0.5) is 5.69 Å². The Labute approximate surface area is 211 Å². The Kier molecular flexibility index (Phi) is 7.94. The predicted octanol–water partition coefficient (Wildman–Crippen LogP) is 3.29. The number of aromatic nitrogens is 2. The Morgan fingerprint density at radius 3 is 2.28 bits per heavy atom. The lowest BCUT2D eigenvalue weighted by molar-refractivity contribution is -0.117. The minimum atomic E-state index is -3.70. The fourth-order valence-corrected chi connectivity index (χ4v) is 4.43. The van der Waals surface area contributed by atoms with Gasteiger partial charge in [0.05, 0.1) is 17.0 Å². The first kappa shape index (κ1) is 25.3. The van der Waals surface area contributed by atoms with Gasteiger partial charge in [0, 0.05) is 31.0 Å². The van der Waals surface area contributed by atoms with Gasteiger partial charge in [-0.15, -0.1) is 0 Å². The second kappa shape index (κ2) is 11.3. The second-order valence-electron chi connectivity index (χ2n) is 8.58. The molecule has 0 spiro atoms. The Morgan fingerprint density at radius 2 is 1.67 bits per heavy atom. The van der Waals surface area contributed by atoms with Gasteiger partial charge in [-0.1, -0.05) is 54.6 Å². The number of nitrogens with one attached hydrogen (secondary N) is 2. The van der Waals surface area contributed by atoms with Crippen molar-refractivity contribution in [3.05, 3.63) is 102 Å². The molecule has 3 aromatic carbocycles. The van der Waals surface area contributed by atoms with Gasteiger partial charge in [0.15, 0.2) is 0 Å². The third-order valence-electron chi connectivity index (χ3n) is 5.90. The number of benzene rings is 3. The van der Waals surface area contributed by atoms with Crippen molar-refractivity contribution in [2.24, 2.45) is 12.2 Å². The van der Waals surface area contributed by atoms with Crippen LogP contribution in [0, 0.1) is 0 Å². The molecule has 0 aliphatic carbocycles. The maximum Gasteiger partial charge on any atom is 0.238 e. The monoisotopic (exact) mass is 503 g/mol. The van der Waals surface area contributed by atoms with Crippen molar-refractivity contribution in [2.75, 3.05) is 18.4 Å². The molecule has 8 nitrogen and oxygen atoms in total. The van der Waals surface area contributed by atoms with Crippen molar-refractivity contribution in [3.8, 4) is 11.1 Å². The summed E-state index contributed by atoms with van der Waals surface area (Å²) in [6.45, 7) is 1.09. The molecule has 1 heterocycles. The fourth-order valence-electron chi connectivity index (χ4n) is 3.92. The normalized spacial score (nSPS) is 12.3. The van der Waals surface area contributed by atoms with E-state index in [4.69, 9.17) is 5.14 Å². The SMILES string of the molecule is Cn1cc(-c2ccc(NC(=O)C(CNCCc3ccc(S(N)(=O)=O)cc3)c3ccccc3)cc2)cn1. The van der Waals surface area contributed by atoms with Crippen molar-refractivity contribution in [3.63, 3.8) is 0 Å². The average Bonchev–Trinajstić information content (AvgIpc) is 3.31. The number of rotatable bonds is 10. The molecule has 1 aromatic heterocycles. The zero-order chi connectivity index (χ0) is 25.5. The molecule has 4 N–H and O–H groups in total. The van der Waals surface area contributed by atoms with E-state index < -0.39 is 10.0 Å². The van der Waals surface area contributed by atoms with Gasteiger partial charge in [-0.25, -0.2) is 13.6 Å². The molecule has 0 radical (unpaired) electrons. The lowest BCUT2D eigenvalue weighted by Crippen LogP contribution is -2.32. The number of aryl methyl sites for hydroxylation is 1. The fraction of sp³-hybridized carbons (Fsp3) is 0.185. The lowest BCUT2D eigenvalue weighted by Gasteiger charge is -2.18. The summed E-state index contributed by atoms with van der Waals surface area (Å²) in [5.41, 5.74) is 4.67. The van der Waals surface area contributed by atoms with Gasteiger partial charge >= 0.3 is 0 Å². The molecule has 1 amide bonds.